The van der Waals surface area contributed by atoms with Gasteiger partial charge in [0.25, 0.3) is 0 Å². The van der Waals surface area contributed by atoms with E-state index in [1.54, 1.807) is 0 Å². The van der Waals surface area contributed by atoms with E-state index in [0.29, 0.717) is 10.8 Å². The maximum atomic E-state index is 3.34. The number of aromatic amines is 1. The third-order valence-corrected chi connectivity index (χ3v) is 3.51. The number of rotatable bonds is 3. The second-order valence-electron chi connectivity index (χ2n) is 4.76. The molecule has 1 unspecified atom stereocenters. The first-order valence-electron chi connectivity index (χ1n) is 4.91. The summed E-state index contributed by atoms with van der Waals surface area (Å²) in [6, 6.07) is 4.28. The molecule has 1 aromatic rings. The van der Waals surface area contributed by atoms with Crippen LogP contribution in [0, 0.1) is 5.41 Å². The Kier molecular flexibility index (Phi) is 1.77. The number of hydrogen-bond acceptors (Lipinski definition) is 1. The van der Waals surface area contributed by atoms with Gasteiger partial charge in [-0.25, -0.2) is 0 Å². The van der Waals surface area contributed by atoms with Gasteiger partial charge in [-0.1, -0.05) is 13.8 Å². The smallest absolute Gasteiger partial charge is 0.0285 e. The van der Waals surface area contributed by atoms with Crippen LogP contribution in [-0.2, 0) is 5.41 Å². The largest absolute Gasteiger partial charge is 0.364 e. The van der Waals surface area contributed by atoms with Crippen LogP contribution in [0.2, 0.25) is 0 Å². The van der Waals surface area contributed by atoms with E-state index in [2.05, 4.69) is 36.3 Å². The van der Waals surface area contributed by atoms with Crippen LogP contribution >= 0.6 is 0 Å². The molecule has 1 aromatic heterocycles. The van der Waals surface area contributed by atoms with Gasteiger partial charge < -0.3 is 10.3 Å². The molecule has 1 aliphatic rings. The first kappa shape index (κ1) is 8.82. The van der Waals surface area contributed by atoms with E-state index in [4.69, 9.17) is 0 Å². The summed E-state index contributed by atoms with van der Waals surface area (Å²) >= 11 is 0. The summed E-state index contributed by atoms with van der Waals surface area (Å²) in [5, 5.41) is 3.29. The minimum Gasteiger partial charge on any atom is -0.364 e. The topological polar surface area (TPSA) is 27.8 Å². The summed E-state index contributed by atoms with van der Waals surface area (Å²) in [4.78, 5) is 3.34. The highest BCUT2D eigenvalue weighted by atomic mass is 14.9. The van der Waals surface area contributed by atoms with Gasteiger partial charge in [-0.15, -0.1) is 0 Å². The van der Waals surface area contributed by atoms with Gasteiger partial charge in [0.2, 0.25) is 0 Å². The second kappa shape index (κ2) is 2.61. The molecule has 1 atom stereocenters. The first-order valence-corrected chi connectivity index (χ1v) is 4.91. The maximum Gasteiger partial charge on any atom is 0.0285 e. The summed E-state index contributed by atoms with van der Waals surface area (Å²) < 4.78 is 0. The molecule has 13 heavy (non-hydrogen) atoms. The molecule has 0 aliphatic heterocycles. The lowest BCUT2D eigenvalue weighted by molar-refractivity contribution is 0.469. The minimum atomic E-state index is 0.352. The molecule has 0 aromatic carbocycles. The van der Waals surface area contributed by atoms with E-state index in [9.17, 15) is 0 Å². The molecule has 2 rings (SSSR count). The van der Waals surface area contributed by atoms with Gasteiger partial charge in [-0.2, -0.15) is 0 Å². The Labute approximate surface area is 79.7 Å². The molecule has 0 spiro atoms. The highest BCUT2D eigenvalue weighted by Crippen LogP contribution is 2.63. The zero-order valence-electron chi connectivity index (χ0n) is 8.65. The average molecular weight is 178 g/mol. The number of hydrogen-bond donors (Lipinski definition) is 2. The summed E-state index contributed by atoms with van der Waals surface area (Å²) in [5.74, 6) is 0. The van der Waals surface area contributed by atoms with Crippen LogP contribution in [0.1, 0.15) is 26.0 Å². The van der Waals surface area contributed by atoms with Crippen molar-refractivity contribution in [2.45, 2.75) is 25.7 Å². The van der Waals surface area contributed by atoms with Crippen LogP contribution in [0.5, 0.6) is 0 Å². The molecule has 1 saturated carbocycles. The molecule has 0 saturated heterocycles. The Bertz CT molecular complexity index is 287. The van der Waals surface area contributed by atoms with Gasteiger partial charge in [-0.3, -0.25) is 0 Å². The van der Waals surface area contributed by atoms with Gasteiger partial charge in [0.15, 0.2) is 0 Å². The van der Waals surface area contributed by atoms with Gasteiger partial charge in [0.05, 0.1) is 0 Å². The monoisotopic (exact) mass is 178 g/mol. The molecule has 2 heteroatoms. The molecule has 0 bridgehead atoms. The molecule has 1 fully saturated rings. The molecule has 0 amide bonds. The van der Waals surface area contributed by atoms with Crippen molar-refractivity contribution in [2.75, 3.05) is 13.6 Å². The lowest BCUT2D eigenvalue weighted by atomic mass is 9.92. The number of H-pyrrole nitrogens is 1. The van der Waals surface area contributed by atoms with Crippen molar-refractivity contribution in [1.29, 1.82) is 0 Å². The molecule has 2 N–H and O–H groups in total. The summed E-state index contributed by atoms with van der Waals surface area (Å²) in [5.41, 5.74) is 2.18. The van der Waals surface area contributed by atoms with Crippen molar-refractivity contribution in [2.24, 2.45) is 5.41 Å². The normalized spacial score (nSPS) is 30.4. The van der Waals surface area contributed by atoms with Crippen LogP contribution in [-0.4, -0.2) is 18.6 Å². The van der Waals surface area contributed by atoms with E-state index in [1.165, 1.54) is 12.1 Å². The van der Waals surface area contributed by atoms with Gasteiger partial charge in [0, 0.05) is 23.9 Å². The van der Waals surface area contributed by atoms with Crippen LogP contribution in [0.15, 0.2) is 18.3 Å². The van der Waals surface area contributed by atoms with Crippen molar-refractivity contribution in [3.8, 4) is 0 Å². The van der Waals surface area contributed by atoms with Crippen LogP contribution in [0.3, 0.4) is 0 Å². The van der Waals surface area contributed by atoms with E-state index in [1.807, 2.05) is 13.2 Å². The Hall–Kier alpha value is -0.760. The molecular weight excluding hydrogens is 160 g/mol. The SMILES string of the molecule is CNCC1(c2ccc[nH]2)CC1(C)C. The number of aromatic nitrogens is 1. The van der Waals surface area contributed by atoms with E-state index in [-0.39, 0.29) is 0 Å². The molecule has 0 radical (unpaired) electrons. The third kappa shape index (κ3) is 1.12. The van der Waals surface area contributed by atoms with Crippen molar-refractivity contribution >= 4 is 0 Å². The summed E-state index contributed by atoms with van der Waals surface area (Å²) in [7, 11) is 2.03. The zero-order valence-corrected chi connectivity index (χ0v) is 8.65. The predicted octanol–water partition coefficient (Wildman–Crippen LogP) is 1.90. The molecule has 1 aliphatic carbocycles. The van der Waals surface area contributed by atoms with Crippen molar-refractivity contribution in [3.63, 3.8) is 0 Å². The van der Waals surface area contributed by atoms with Gasteiger partial charge in [-0.05, 0) is 31.0 Å². The van der Waals surface area contributed by atoms with E-state index < -0.39 is 0 Å². The van der Waals surface area contributed by atoms with E-state index >= 15 is 0 Å². The summed E-state index contributed by atoms with van der Waals surface area (Å²) in [6.45, 7) is 5.75. The predicted molar refractivity (Wildman–Crippen MR) is 54.8 cm³/mol. The van der Waals surface area contributed by atoms with Crippen LogP contribution < -0.4 is 5.32 Å². The fourth-order valence-corrected chi connectivity index (χ4v) is 2.50. The Morgan fingerprint density at radius 3 is 2.62 bits per heavy atom. The maximum absolute atomic E-state index is 3.34. The molecular formula is C11H18N2. The Balaban J connectivity index is 2.28. The fourth-order valence-electron chi connectivity index (χ4n) is 2.50. The standard InChI is InChI=1S/C11H18N2/c1-10(2)7-11(10,8-12-3)9-5-4-6-13-9/h4-6,12-13H,7-8H2,1-3H3. The zero-order chi connectivity index (χ0) is 9.53. The average Bonchev–Trinajstić information content (AvgIpc) is 2.55. The highest BCUT2D eigenvalue weighted by molar-refractivity contribution is 5.33. The van der Waals surface area contributed by atoms with Crippen LogP contribution in [0.4, 0.5) is 0 Å². The van der Waals surface area contributed by atoms with Gasteiger partial charge in [0.1, 0.15) is 0 Å². The van der Waals surface area contributed by atoms with Gasteiger partial charge >= 0.3 is 0 Å². The fraction of sp³-hybridized carbons (Fsp3) is 0.636. The second-order valence-corrected chi connectivity index (χ2v) is 4.76. The number of likely N-dealkylation sites (N-methyl/N-ethyl adjacent to an activating group) is 1. The van der Waals surface area contributed by atoms with Crippen molar-refractivity contribution in [3.05, 3.63) is 24.0 Å². The van der Waals surface area contributed by atoms with E-state index in [0.717, 1.165) is 6.54 Å². The first-order chi connectivity index (χ1) is 6.12. The number of nitrogens with one attached hydrogen (secondary N) is 2. The lowest BCUT2D eigenvalue weighted by Gasteiger charge is -2.18. The minimum absolute atomic E-state index is 0.352. The molecule has 1 heterocycles. The third-order valence-electron chi connectivity index (χ3n) is 3.51. The van der Waals surface area contributed by atoms with Crippen molar-refractivity contribution < 1.29 is 0 Å². The van der Waals surface area contributed by atoms with Crippen molar-refractivity contribution in [1.82, 2.24) is 10.3 Å². The summed E-state index contributed by atoms with van der Waals surface area (Å²) in [6.07, 6.45) is 3.29. The lowest BCUT2D eigenvalue weighted by Crippen LogP contribution is -2.28. The Morgan fingerprint density at radius 1 is 1.54 bits per heavy atom. The van der Waals surface area contributed by atoms with Crippen LogP contribution in [0.25, 0.3) is 0 Å². The molecule has 2 nitrogen and oxygen atoms in total. The quantitative estimate of drug-likeness (QED) is 0.727. The Morgan fingerprint density at radius 2 is 2.23 bits per heavy atom. The highest BCUT2D eigenvalue weighted by Gasteiger charge is 2.61. The molecule has 72 valence electrons.